The highest BCUT2D eigenvalue weighted by Gasteiger charge is 2.28. The van der Waals surface area contributed by atoms with Crippen molar-refractivity contribution in [3.05, 3.63) is 66.0 Å². The zero-order chi connectivity index (χ0) is 26.2. The van der Waals surface area contributed by atoms with E-state index in [4.69, 9.17) is 0 Å². The van der Waals surface area contributed by atoms with Crippen LogP contribution in [-0.2, 0) is 26.0 Å². The molecule has 0 aliphatic carbocycles. The topological polar surface area (TPSA) is 86.8 Å². The van der Waals surface area contributed by atoms with Crippen molar-refractivity contribution in [3.8, 4) is 0 Å². The predicted molar refractivity (Wildman–Crippen MR) is 137 cm³/mol. The Bertz CT molecular complexity index is 1100. The first-order valence-corrected chi connectivity index (χ1v) is 13.5. The van der Waals surface area contributed by atoms with Crippen LogP contribution in [0.4, 0.5) is 10.1 Å². The second-order valence-corrected chi connectivity index (χ2v) is 11.5. The maximum Gasteiger partial charge on any atom is 0.242 e. The highest BCUT2D eigenvalue weighted by molar-refractivity contribution is 7.92. The van der Waals surface area contributed by atoms with Crippen molar-refractivity contribution in [2.45, 2.75) is 58.5 Å². The molecular formula is C26H36FN3O4S. The summed E-state index contributed by atoms with van der Waals surface area (Å²) in [5, 5.41) is 2.91. The lowest BCUT2D eigenvalue weighted by Crippen LogP contribution is -2.53. The lowest BCUT2D eigenvalue weighted by Gasteiger charge is -2.32. The number of benzene rings is 2. The van der Waals surface area contributed by atoms with E-state index >= 15 is 0 Å². The third-order valence-corrected chi connectivity index (χ3v) is 6.60. The van der Waals surface area contributed by atoms with E-state index in [-0.39, 0.29) is 36.9 Å². The van der Waals surface area contributed by atoms with Gasteiger partial charge in [0.25, 0.3) is 0 Å². The maximum absolute atomic E-state index is 14.2. The first-order valence-electron chi connectivity index (χ1n) is 11.7. The summed E-state index contributed by atoms with van der Waals surface area (Å²) in [5.41, 5.74) is 0.535. The number of sulfonamides is 1. The molecule has 0 aromatic heterocycles. The summed E-state index contributed by atoms with van der Waals surface area (Å²) in [4.78, 5) is 27.6. The average molecular weight is 506 g/mol. The number of carbonyl (C=O) groups excluding carboxylic acids is 2. The van der Waals surface area contributed by atoms with Crippen LogP contribution in [-0.4, -0.2) is 56.1 Å². The molecule has 9 heteroatoms. The smallest absolute Gasteiger partial charge is 0.242 e. The largest absolute Gasteiger partial charge is 0.350 e. The lowest BCUT2D eigenvalue weighted by molar-refractivity contribution is -0.140. The number of halogens is 1. The minimum atomic E-state index is -3.75. The van der Waals surface area contributed by atoms with E-state index in [1.807, 2.05) is 51.1 Å². The van der Waals surface area contributed by atoms with Gasteiger partial charge in [0, 0.05) is 25.0 Å². The summed E-state index contributed by atoms with van der Waals surface area (Å²) in [5.74, 6) is -1.18. The molecule has 0 heterocycles. The second kappa shape index (κ2) is 12.2. The van der Waals surface area contributed by atoms with Crippen LogP contribution in [0.1, 0.15) is 46.1 Å². The summed E-state index contributed by atoms with van der Waals surface area (Å²) in [6, 6.07) is 14.6. The monoisotopic (exact) mass is 505 g/mol. The first kappa shape index (κ1) is 28.3. The number of carbonyl (C=O) groups is 2. The molecule has 1 atom stereocenters. The molecule has 1 N–H and O–H groups in total. The first-order chi connectivity index (χ1) is 16.3. The van der Waals surface area contributed by atoms with E-state index in [9.17, 15) is 22.4 Å². The van der Waals surface area contributed by atoms with Crippen molar-refractivity contribution < 1.29 is 22.4 Å². The maximum atomic E-state index is 14.2. The van der Waals surface area contributed by atoms with Gasteiger partial charge in [-0.2, -0.15) is 0 Å². The van der Waals surface area contributed by atoms with Crippen molar-refractivity contribution in [2.75, 3.05) is 23.7 Å². The molecule has 2 rings (SSSR count). The third kappa shape index (κ3) is 8.98. The summed E-state index contributed by atoms with van der Waals surface area (Å²) in [7, 11) is -3.75. The van der Waals surface area contributed by atoms with Gasteiger partial charge in [-0.1, -0.05) is 42.5 Å². The SMILES string of the molecule is CC(C(=O)NC(C)(C)C)N(CCc1ccccc1)C(=O)CCCN(c1ccccc1F)S(C)(=O)=O. The standard InChI is InChI=1S/C26H36FN3O4S/c1-20(25(32)28-26(2,3)4)29(19-17-21-12-7-6-8-13-21)24(31)16-11-18-30(35(5,33)34)23-15-10-9-14-22(23)27/h6-10,12-15,20H,11,16-19H2,1-5H3,(H,28,32). The molecule has 0 aliphatic rings. The molecule has 0 spiro atoms. The number of nitrogens with one attached hydrogen (secondary N) is 1. The van der Waals surface area contributed by atoms with Crippen molar-refractivity contribution in [1.29, 1.82) is 0 Å². The fourth-order valence-electron chi connectivity index (χ4n) is 3.68. The van der Waals surface area contributed by atoms with Gasteiger partial charge in [-0.15, -0.1) is 0 Å². The number of anilines is 1. The van der Waals surface area contributed by atoms with Gasteiger partial charge in [0.05, 0.1) is 11.9 Å². The highest BCUT2D eigenvalue weighted by Crippen LogP contribution is 2.22. The van der Waals surface area contributed by atoms with Crippen molar-refractivity contribution >= 4 is 27.5 Å². The van der Waals surface area contributed by atoms with E-state index in [0.717, 1.165) is 16.1 Å². The molecule has 0 bridgehead atoms. The molecule has 0 saturated heterocycles. The lowest BCUT2D eigenvalue weighted by atomic mass is 10.1. The van der Waals surface area contributed by atoms with E-state index < -0.39 is 27.4 Å². The van der Waals surface area contributed by atoms with E-state index in [1.165, 1.54) is 23.1 Å². The number of rotatable bonds is 11. The predicted octanol–water partition coefficient (Wildman–Crippen LogP) is 3.75. The summed E-state index contributed by atoms with van der Waals surface area (Å²) >= 11 is 0. The van der Waals surface area contributed by atoms with Gasteiger partial charge in [-0.05, 0) is 58.2 Å². The number of amides is 2. The summed E-state index contributed by atoms with van der Waals surface area (Å²) in [6.07, 6.45) is 1.77. The fourth-order valence-corrected chi connectivity index (χ4v) is 4.65. The van der Waals surface area contributed by atoms with Crippen LogP contribution in [0.3, 0.4) is 0 Å². The van der Waals surface area contributed by atoms with Crippen LogP contribution in [0.25, 0.3) is 0 Å². The van der Waals surface area contributed by atoms with Crippen LogP contribution in [0, 0.1) is 5.82 Å². The zero-order valence-electron chi connectivity index (χ0n) is 21.1. The average Bonchev–Trinajstić information content (AvgIpc) is 2.76. The molecule has 2 aromatic rings. The Morgan fingerprint density at radius 3 is 2.17 bits per heavy atom. The number of para-hydroxylation sites is 1. The van der Waals surface area contributed by atoms with Crippen LogP contribution in [0.5, 0.6) is 0 Å². The number of nitrogens with zero attached hydrogens (tertiary/aromatic N) is 2. The second-order valence-electron chi connectivity index (χ2n) is 9.63. The van der Waals surface area contributed by atoms with Gasteiger partial charge in [-0.25, -0.2) is 12.8 Å². The van der Waals surface area contributed by atoms with Crippen molar-refractivity contribution in [1.82, 2.24) is 10.2 Å². The minimum Gasteiger partial charge on any atom is -0.350 e. The molecule has 2 amide bonds. The van der Waals surface area contributed by atoms with Gasteiger partial charge in [0.15, 0.2) is 0 Å². The van der Waals surface area contributed by atoms with Crippen LogP contribution in [0.15, 0.2) is 54.6 Å². The van der Waals surface area contributed by atoms with Crippen LogP contribution >= 0.6 is 0 Å². The van der Waals surface area contributed by atoms with Gasteiger partial charge >= 0.3 is 0 Å². The van der Waals surface area contributed by atoms with Crippen LogP contribution < -0.4 is 9.62 Å². The number of hydrogen-bond acceptors (Lipinski definition) is 4. The van der Waals surface area contributed by atoms with Gasteiger partial charge in [0.1, 0.15) is 11.9 Å². The Labute approximate surface area is 208 Å². The molecule has 0 aliphatic heterocycles. The zero-order valence-corrected chi connectivity index (χ0v) is 21.9. The molecule has 35 heavy (non-hydrogen) atoms. The minimum absolute atomic E-state index is 0.0163. The van der Waals surface area contributed by atoms with Crippen molar-refractivity contribution in [3.63, 3.8) is 0 Å². The summed E-state index contributed by atoms with van der Waals surface area (Å²) in [6.45, 7) is 7.58. The van der Waals surface area contributed by atoms with Crippen LogP contribution in [0.2, 0.25) is 0 Å². The normalized spacial score (nSPS) is 12.6. The summed E-state index contributed by atoms with van der Waals surface area (Å²) < 4.78 is 39.8. The molecule has 1 unspecified atom stereocenters. The third-order valence-electron chi connectivity index (χ3n) is 5.42. The molecule has 7 nitrogen and oxygen atoms in total. The molecule has 0 fully saturated rings. The van der Waals surface area contributed by atoms with Gasteiger partial charge in [0.2, 0.25) is 21.8 Å². The number of hydrogen-bond donors (Lipinski definition) is 1. The molecule has 0 radical (unpaired) electrons. The Balaban J connectivity index is 2.14. The van der Waals surface area contributed by atoms with E-state index in [2.05, 4.69) is 5.32 Å². The van der Waals surface area contributed by atoms with Gasteiger partial charge < -0.3 is 10.2 Å². The Morgan fingerprint density at radius 1 is 1.00 bits per heavy atom. The van der Waals surface area contributed by atoms with E-state index in [1.54, 1.807) is 13.0 Å². The molecule has 2 aromatic carbocycles. The molecule has 0 saturated carbocycles. The van der Waals surface area contributed by atoms with Crippen molar-refractivity contribution in [2.24, 2.45) is 0 Å². The Morgan fingerprint density at radius 2 is 1.60 bits per heavy atom. The fraction of sp³-hybridized carbons (Fsp3) is 0.462. The quantitative estimate of drug-likeness (QED) is 0.504. The Hall–Kier alpha value is -2.94. The van der Waals surface area contributed by atoms with Gasteiger partial charge in [-0.3, -0.25) is 13.9 Å². The van der Waals surface area contributed by atoms with E-state index in [0.29, 0.717) is 13.0 Å². The Kier molecular flexibility index (Phi) is 9.82. The highest BCUT2D eigenvalue weighted by atomic mass is 32.2. The molecule has 192 valence electrons. The molecular weight excluding hydrogens is 469 g/mol.